The second-order valence-corrected chi connectivity index (χ2v) is 8.24. The maximum atomic E-state index is 11.1. The van der Waals surface area contributed by atoms with Gasteiger partial charge in [-0.1, -0.05) is 68.9 Å². The molecule has 0 saturated carbocycles. The first-order valence-electron chi connectivity index (χ1n) is 11.7. The van der Waals surface area contributed by atoms with E-state index in [9.17, 15) is 9.59 Å². The van der Waals surface area contributed by atoms with Crippen LogP contribution in [0.15, 0.2) is 73.3 Å². The number of hydrogen-bond acceptors (Lipinski definition) is 4. The van der Waals surface area contributed by atoms with Gasteiger partial charge < -0.3 is 14.9 Å². The molecular weight excluding hydrogens is 466 g/mol. The van der Waals surface area contributed by atoms with Crippen molar-refractivity contribution in [3.8, 4) is 0 Å². The highest BCUT2D eigenvalue weighted by Gasteiger charge is 2.18. The van der Waals surface area contributed by atoms with Crippen LogP contribution in [0.25, 0.3) is 0 Å². The van der Waals surface area contributed by atoms with Gasteiger partial charge in [-0.15, -0.1) is 0 Å². The molecule has 0 aromatic heterocycles. The minimum absolute atomic E-state index is 0.120. The topological polar surface area (TPSA) is 87.1 Å². The van der Waals surface area contributed by atoms with Crippen molar-refractivity contribution in [1.29, 1.82) is 0 Å². The number of hydrogen-bond donors (Lipinski definition) is 2. The molecule has 0 aliphatic carbocycles. The molecule has 0 aliphatic heterocycles. The van der Waals surface area contributed by atoms with Crippen LogP contribution >= 0.6 is 11.6 Å². The van der Waals surface area contributed by atoms with Crippen LogP contribution in [0.5, 0.6) is 0 Å². The Kier molecular flexibility index (Phi) is 14.3. The summed E-state index contributed by atoms with van der Waals surface area (Å²) in [6, 6.07) is 14.3. The number of halogens is 1. The van der Waals surface area contributed by atoms with Gasteiger partial charge in [0.1, 0.15) is 0 Å². The minimum atomic E-state index is -0.969. The summed E-state index contributed by atoms with van der Waals surface area (Å²) in [6.45, 7) is 13.7. The first-order valence-corrected chi connectivity index (χ1v) is 12.1. The maximum Gasteiger partial charge on any atom is 0.335 e. The molecule has 35 heavy (non-hydrogen) atoms. The Morgan fingerprint density at radius 3 is 2.37 bits per heavy atom. The predicted octanol–water partition coefficient (Wildman–Crippen LogP) is 6.62. The molecule has 0 radical (unpaired) electrons. The van der Waals surface area contributed by atoms with E-state index in [1.807, 2.05) is 32.0 Å². The average Bonchev–Trinajstić information content (AvgIpc) is 2.85. The number of benzene rings is 2. The fourth-order valence-electron chi connectivity index (χ4n) is 3.32. The van der Waals surface area contributed by atoms with Crippen LogP contribution in [0, 0.1) is 0 Å². The Bertz CT molecular complexity index is 958. The lowest BCUT2D eigenvalue weighted by Gasteiger charge is -2.28. The van der Waals surface area contributed by atoms with Gasteiger partial charge in [0.15, 0.2) is 0 Å². The van der Waals surface area contributed by atoms with E-state index in [4.69, 9.17) is 26.6 Å². The van der Waals surface area contributed by atoms with E-state index in [1.165, 1.54) is 0 Å². The third kappa shape index (κ3) is 11.9. The van der Waals surface area contributed by atoms with Gasteiger partial charge in [0.2, 0.25) is 0 Å². The van der Waals surface area contributed by atoms with E-state index >= 15 is 0 Å². The van der Waals surface area contributed by atoms with Crippen LogP contribution in [0.3, 0.4) is 0 Å². The van der Waals surface area contributed by atoms with Gasteiger partial charge in [-0.25, -0.2) is 4.79 Å². The van der Waals surface area contributed by atoms with Crippen LogP contribution in [-0.2, 0) is 16.1 Å². The molecule has 0 unspecified atom stereocenters. The quantitative estimate of drug-likeness (QED) is 0.210. The Hall–Kier alpha value is -2.93. The maximum absolute atomic E-state index is 11.1. The second kappa shape index (κ2) is 16.7. The highest BCUT2D eigenvalue weighted by atomic mass is 35.5. The van der Waals surface area contributed by atoms with E-state index in [0.29, 0.717) is 44.1 Å². The summed E-state index contributed by atoms with van der Waals surface area (Å²) in [7, 11) is 0. The van der Waals surface area contributed by atoms with Gasteiger partial charge in [-0.3, -0.25) is 9.69 Å². The third-order valence-electron chi connectivity index (χ3n) is 5.13. The number of rotatable bonds is 15. The monoisotopic (exact) mass is 501 g/mol. The molecule has 0 amide bonds. The Morgan fingerprint density at radius 1 is 1.11 bits per heavy atom. The van der Waals surface area contributed by atoms with Crippen LogP contribution in [0.2, 0.25) is 5.02 Å². The standard InChI is InChI=1S/C26H30ClNO5.C2H6/c1-3-19(2)18-33-24(22-7-6-8-23(27)15-22)17-28(14-5-4-9-25(29)30)16-20-10-12-21(13-11-20)26(31)32;1-2/h3,6-8,10-13,15,24H,1-2,4-5,9,14,16-18H2,(H,29,30)(H,31,32);1-2H3/t24-;/m0./s1. The molecule has 0 bridgehead atoms. The largest absolute Gasteiger partial charge is 0.481 e. The number of ether oxygens (including phenoxy) is 1. The lowest BCUT2D eigenvalue weighted by atomic mass is 10.1. The molecule has 0 fully saturated rings. The first kappa shape index (κ1) is 30.1. The lowest BCUT2D eigenvalue weighted by molar-refractivity contribution is -0.137. The number of unbranched alkanes of at least 4 members (excludes halogenated alkanes) is 1. The predicted molar refractivity (Wildman–Crippen MR) is 141 cm³/mol. The first-order chi connectivity index (χ1) is 16.8. The second-order valence-electron chi connectivity index (χ2n) is 7.81. The van der Waals surface area contributed by atoms with E-state index in [-0.39, 0.29) is 18.1 Å². The molecule has 0 spiro atoms. The summed E-state index contributed by atoms with van der Waals surface area (Å²) in [5, 5.41) is 18.7. The molecule has 0 saturated heterocycles. The summed E-state index contributed by atoms with van der Waals surface area (Å²) in [6.07, 6.45) is 2.76. The smallest absolute Gasteiger partial charge is 0.335 e. The Balaban J connectivity index is 0.00000298. The molecule has 1 atom stereocenters. The van der Waals surface area contributed by atoms with Crippen LogP contribution < -0.4 is 0 Å². The van der Waals surface area contributed by atoms with E-state index < -0.39 is 11.9 Å². The lowest BCUT2D eigenvalue weighted by Crippen LogP contribution is -2.31. The van der Waals surface area contributed by atoms with Crippen LogP contribution in [0.4, 0.5) is 0 Å². The SMILES string of the molecule is C=CC(=C)CO[C@@H](CN(CCCCC(=O)O)Cc1ccc(C(=O)O)cc1)c1cccc(Cl)c1.CC. The van der Waals surface area contributed by atoms with Crippen molar-refractivity contribution in [2.75, 3.05) is 19.7 Å². The van der Waals surface area contributed by atoms with Gasteiger partial charge in [0, 0.05) is 24.5 Å². The molecule has 2 rings (SSSR count). The van der Waals surface area contributed by atoms with Crippen molar-refractivity contribution < 1.29 is 24.5 Å². The third-order valence-corrected chi connectivity index (χ3v) is 5.36. The van der Waals surface area contributed by atoms with E-state index in [0.717, 1.165) is 16.7 Å². The normalized spacial score (nSPS) is 11.3. The number of aromatic carboxylic acids is 1. The molecular formula is C28H36ClNO5. The number of carboxylic acid groups (broad SMARTS) is 2. The molecule has 0 aliphatic rings. The zero-order valence-electron chi connectivity index (χ0n) is 20.6. The summed E-state index contributed by atoms with van der Waals surface area (Å²) in [4.78, 5) is 24.2. The highest BCUT2D eigenvalue weighted by Crippen LogP contribution is 2.24. The van der Waals surface area contributed by atoms with Crippen molar-refractivity contribution >= 4 is 23.5 Å². The van der Waals surface area contributed by atoms with Gasteiger partial charge in [-0.2, -0.15) is 0 Å². The summed E-state index contributed by atoms with van der Waals surface area (Å²) in [5.41, 5.74) is 2.88. The fraction of sp³-hybridized carbons (Fsp3) is 0.357. The Morgan fingerprint density at radius 2 is 1.80 bits per heavy atom. The zero-order chi connectivity index (χ0) is 26.2. The Labute approximate surface area is 213 Å². The zero-order valence-corrected chi connectivity index (χ0v) is 21.3. The van der Waals surface area contributed by atoms with Gasteiger partial charge in [0.05, 0.1) is 18.3 Å². The molecule has 2 aromatic rings. The fourth-order valence-corrected chi connectivity index (χ4v) is 3.52. The van der Waals surface area contributed by atoms with Crippen molar-refractivity contribution in [3.63, 3.8) is 0 Å². The summed E-state index contributed by atoms with van der Waals surface area (Å²) >= 11 is 6.21. The number of carbonyl (C=O) groups is 2. The van der Waals surface area contributed by atoms with Gasteiger partial charge >= 0.3 is 11.9 Å². The summed E-state index contributed by atoms with van der Waals surface area (Å²) in [5.74, 6) is -1.78. The van der Waals surface area contributed by atoms with Crippen molar-refractivity contribution in [2.24, 2.45) is 0 Å². The average molecular weight is 502 g/mol. The number of aliphatic carboxylic acids is 1. The molecule has 2 aromatic carbocycles. The van der Waals surface area contributed by atoms with E-state index in [1.54, 1.807) is 36.4 Å². The molecule has 190 valence electrons. The van der Waals surface area contributed by atoms with Gasteiger partial charge in [-0.05, 0) is 60.4 Å². The highest BCUT2D eigenvalue weighted by molar-refractivity contribution is 6.30. The van der Waals surface area contributed by atoms with Crippen LogP contribution in [-0.4, -0.2) is 46.7 Å². The number of carboxylic acids is 2. The summed E-state index contributed by atoms with van der Waals surface area (Å²) < 4.78 is 6.16. The minimum Gasteiger partial charge on any atom is -0.481 e. The van der Waals surface area contributed by atoms with Crippen LogP contribution in [0.1, 0.15) is 60.7 Å². The molecule has 0 heterocycles. The van der Waals surface area contributed by atoms with Crippen molar-refractivity contribution in [2.45, 2.75) is 45.8 Å². The van der Waals surface area contributed by atoms with E-state index in [2.05, 4.69) is 18.1 Å². The van der Waals surface area contributed by atoms with Crippen molar-refractivity contribution in [3.05, 3.63) is 95.1 Å². The van der Waals surface area contributed by atoms with Gasteiger partial charge in [0.25, 0.3) is 0 Å². The molecule has 6 nitrogen and oxygen atoms in total. The number of nitrogens with zero attached hydrogens (tertiary/aromatic N) is 1. The van der Waals surface area contributed by atoms with Crippen molar-refractivity contribution in [1.82, 2.24) is 4.90 Å². The molecule has 7 heteroatoms. The molecule has 2 N–H and O–H groups in total.